The lowest BCUT2D eigenvalue weighted by Crippen LogP contribution is -2.09. The normalized spacial score (nSPS) is 10.9. The van der Waals surface area contributed by atoms with Gasteiger partial charge in [-0.05, 0) is 110 Å². The Morgan fingerprint density at radius 3 is 1.69 bits per heavy atom. The molecule has 0 unspecified atom stereocenters. The van der Waals surface area contributed by atoms with E-state index < -0.39 is 10.1 Å². The van der Waals surface area contributed by atoms with Crippen molar-refractivity contribution in [3.63, 3.8) is 0 Å². The molecule has 0 spiro atoms. The molecule has 0 aliphatic carbocycles. The molecule has 0 aliphatic heterocycles. The Balaban J connectivity index is 0.000000250. The molecule has 242 valence electrons. The van der Waals surface area contributed by atoms with Gasteiger partial charge in [-0.2, -0.15) is 8.42 Å². The summed E-state index contributed by atoms with van der Waals surface area (Å²) in [6.45, 7) is 1.88. The zero-order valence-electron chi connectivity index (χ0n) is 25.3. The van der Waals surface area contributed by atoms with E-state index in [-0.39, 0.29) is 28.1 Å². The number of halogens is 3. The molecule has 48 heavy (non-hydrogen) atoms. The van der Waals surface area contributed by atoms with Crippen LogP contribution in [0.3, 0.4) is 0 Å². The highest BCUT2D eigenvalue weighted by atomic mass is 35.5. The van der Waals surface area contributed by atoms with Crippen LogP contribution in [0, 0.1) is 18.6 Å². The van der Waals surface area contributed by atoms with E-state index in [4.69, 9.17) is 15.8 Å². The SMILES string of the molecule is Cc1ccc(S(=O)(=O)Oc2ccc(Sc3ccc(C(=O)c4ccccc4)cc3Cl)cc2)cc1.Fc1ccc(Sc2ccc(F)cc2)cc1. The van der Waals surface area contributed by atoms with Gasteiger partial charge >= 0.3 is 10.1 Å². The van der Waals surface area contributed by atoms with Crippen molar-refractivity contribution < 1.29 is 26.2 Å². The molecule has 0 amide bonds. The number of ketones is 1. The molecule has 0 bridgehead atoms. The van der Waals surface area contributed by atoms with Crippen LogP contribution in [0.5, 0.6) is 5.75 Å². The second-order valence-corrected chi connectivity index (χ2v) is 14.5. The van der Waals surface area contributed by atoms with E-state index >= 15 is 0 Å². The Morgan fingerprint density at radius 2 is 1.15 bits per heavy atom. The summed E-state index contributed by atoms with van der Waals surface area (Å²) in [7, 11) is -3.90. The number of rotatable bonds is 9. The topological polar surface area (TPSA) is 60.4 Å². The first kappa shape index (κ1) is 34.9. The highest BCUT2D eigenvalue weighted by Gasteiger charge is 2.17. The van der Waals surface area contributed by atoms with Gasteiger partial charge < -0.3 is 4.18 Å². The van der Waals surface area contributed by atoms with Gasteiger partial charge in [0.1, 0.15) is 22.3 Å². The van der Waals surface area contributed by atoms with Crippen LogP contribution < -0.4 is 4.18 Å². The van der Waals surface area contributed by atoms with Gasteiger partial charge in [0, 0.05) is 30.7 Å². The van der Waals surface area contributed by atoms with Crippen molar-refractivity contribution in [3.8, 4) is 5.75 Å². The van der Waals surface area contributed by atoms with Crippen LogP contribution in [0.4, 0.5) is 8.78 Å². The molecule has 0 aliphatic rings. The third-order valence-corrected chi connectivity index (χ3v) is 10.4. The van der Waals surface area contributed by atoms with Crippen LogP contribution in [-0.4, -0.2) is 14.2 Å². The van der Waals surface area contributed by atoms with Crippen LogP contribution in [0.2, 0.25) is 5.02 Å². The van der Waals surface area contributed by atoms with Gasteiger partial charge in [-0.15, -0.1) is 0 Å². The minimum absolute atomic E-state index is 0.0923. The maximum absolute atomic E-state index is 12.6. The van der Waals surface area contributed by atoms with Gasteiger partial charge in [0.15, 0.2) is 5.78 Å². The molecule has 6 aromatic carbocycles. The number of hydrogen-bond donors (Lipinski definition) is 0. The Hall–Kier alpha value is -4.41. The van der Waals surface area contributed by atoms with Gasteiger partial charge in [-0.25, -0.2) is 8.78 Å². The molecular weight excluding hydrogens is 690 g/mol. The van der Waals surface area contributed by atoms with Crippen LogP contribution in [0.1, 0.15) is 21.5 Å². The summed E-state index contributed by atoms with van der Waals surface area (Å²) in [4.78, 5) is 16.2. The van der Waals surface area contributed by atoms with Crippen molar-refractivity contribution in [2.45, 2.75) is 31.4 Å². The molecule has 4 nitrogen and oxygen atoms in total. The number of benzene rings is 6. The molecular formula is C38H27ClF2O4S3. The predicted molar refractivity (Wildman–Crippen MR) is 188 cm³/mol. The average Bonchev–Trinajstić information content (AvgIpc) is 3.09. The van der Waals surface area contributed by atoms with Crippen molar-refractivity contribution in [3.05, 3.63) is 179 Å². The lowest BCUT2D eigenvalue weighted by atomic mass is 10.0. The minimum Gasteiger partial charge on any atom is -0.379 e. The van der Waals surface area contributed by atoms with Gasteiger partial charge in [0.05, 0.1) is 5.02 Å². The molecule has 10 heteroatoms. The second kappa shape index (κ2) is 16.1. The summed E-state index contributed by atoms with van der Waals surface area (Å²) in [5, 5.41) is 0.462. The molecule has 0 radical (unpaired) electrons. The quantitative estimate of drug-likeness (QED) is 0.110. The van der Waals surface area contributed by atoms with E-state index in [0.717, 1.165) is 25.1 Å². The van der Waals surface area contributed by atoms with E-state index in [1.165, 1.54) is 59.9 Å². The van der Waals surface area contributed by atoms with E-state index in [0.29, 0.717) is 16.1 Å². The largest absolute Gasteiger partial charge is 0.379 e. The van der Waals surface area contributed by atoms with Crippen molar-refractivity contribution in [1.29, 1.82) is 0 Å². The van der Waals surface area contributed by atoms with Gasteiger partial charge in [0.25, 0.3) is 0 Å². The Kier molecular flexibility index (Phi) is 11.7. The molecule has 0 saturated heterocycles. The molecule has 0 heterocycles. The number of carbonyl (C=O) groups excluding carboxylic acids is 1. The van der Waals surface area contributed by atoms with E-state index in [2.05, 4.69) is 0 Å². The van der Waals surface area contributed by atoms with E-state index in [1.54, 1.807) is 91.0 Å². The zero-order valence-corrected chi connectivity index (χ0v) is 28.6. The van der Waals surface area contributed by atoms with Crippen LogP contribution in [0.15, 0.2) is 170 Å². The first-order valence-corrected chi connectivity index (χ1v) is 17.8. The van der Waals surface area contributed by atoms with Gasteiger partial charge in [-0.3, -0.25) is 4.79 Å². The molecule has 0 N–H and O–H groups in total. The fraction of sp³-hybridized carbons (Fsp3) is 0.0263. The maximum atomic E-state index is 12.6. The fourth-order valence-electron chi connectivity index (χ4n) is 4.19. The van der Waals surface area contributed by atoms with Crippen molar-refractivity contribution >= 4 is 51.0 Å². The summed E-state index contributed by atoms with van der Waals surface area (Å²) < 4.78 is 55.4. The molecule has 0 aromatic heterocycles. The summed E-state index contributed by atoms with van der Waals surface area (Å²) in [5.74, 6) is -0.378. The van der Waals surface area contributed by atoms with Gasteiger partial charge in [0.2, 0.25) is 0 Å². The van der Waals surface area contributed by atoms with Crippen molar-refractivity contribution in [2.75, 3.05) is 0 Å². The summed E-state index contributed by atoms with van der Waals surface area (Å²) >= 11 is 9.31. The van der Waals surface area contributed by atoms with Crippen molar-refractivity contribution in [1.82, 2.24) is 0 Å². The van der Waals surface area contributed by atoms with E-state index in [1.807, 2.05) is 25.1 Å². The smallest absolute Gasteiger partial charge is 0.339 e. The predicted octanol–water partition coefficient (Wildman–Crippen LogP) is 10.9. The third-order valence-electron chi connectivity index (χ3n) is 6.66. The van der Waals surface area contributed by atoms with Crippen molar-refractivity contribution in [2.24, 2.45) is 0 Å². The Labute approximate surface area is 291 Å². The van der Waals surface area contributed by atoms with E-state index in [9.17, 15) is 22.0 Å². The standard InChI is InChI=1S/C26H19ClO4S2.C12H8F2S/c1-18-7-14-23(15-8-18)33(29,30)31-21-10-12-22(13-11-21)32-25-16-9-20(17-24(25)27)26(28)19-5-3-2-4-6-19;13-9-1-5-11(6-2-9)15-12-7-3-10(14)4-8-12/h2-17H,1H3;1-8H. The highest BCUT2D eigenvalue weighted by molar-refractivity contribution is 7.99. The number of aryl methyl sites for hydroxylation is 1. The minimum atomic E-state index is -3.90. The zero-order chi connectivity index (χ0) is 34.1. The summed E-state index contributed by atoms with van der Waals surface area (Å²) in [6, 6.07) is 39.8. The molecule has 0 atom stereocenters. The fourth-order valence-corrected chi connectivity index (χ4v) is 7.05. The second-order valence-electron chi connectivity index (χ2n) is 10.3. The van der Waals surface area contributed by atoms with Gasteiger partial charge in [-0.1, -0.05) is 83.2 Å². The first-order valence-electron chi connectivity index (χ1n) is 14.4. The maximum Gasteiger partial charge on any atom is 0.339 e. The lowest BCUT2D eigenvalue weighted by Gasteiger charge is -2.09. The summed E-state index contributed by atoms with van der Waals surface area (Å²) in [5.41, 5.74) is 2.08. The molecule has 0 saturated carbocycles. The molecule has 6 rings (SSSR count). The first-order chi connectivity index (χ1) is 23.1. The molecule has 0 fully saturated rings. The highest BCUT2D eigenvalue weighted by Crippen LogP contribution is 2.35. The number of carbonyl (C=O) groups is 1. The monoisotopic (exact) mass is 716 g/mol. The Bertz CT molecular complexity index is 2050. The third kappa shape index (κ3) is 9.81. The Morgan fingerprint density at radius 1 is 0.625 bits per heavy atom. The number of hydrogen-bond acceptors (Lipinski definition) is 6. The molecule has 6 aromatic rings. The van der Waals surface area contributed by atoms with Crippen LogP contribution in [-0.2, 0) is 10.1 Å². The average molecular weight is 717 g/mol. The van der Waals surface area contributed by atoms with Crippen LogP contribution >= 0.6 is 35.1 Å². The lowest BCUT2D eigenvalue weighted by molar-refractivity contribution is 0.103. The summed E-state index contributed by atoms with van der Waals surface area (Å²) in [6.07, 6.45) is 0. The van der Waals surface area contributed by atoms with Crippen LogP contribution in [0.25, 0.3) is 0 Å².